The number of benzene rings is 1. The van der Waals surface area contributed by atoms with Gasteiger partial charge in [0, 0.05) is 36.8 Å². The second kappa shape index (κ2) is 9.26. The molecular formula is C28H32N6O2. The van der Waals surface area contributed by atoms with Crippen LogP contribution in [0.2, 0.25) is 0 Å². The molecule has 4 aromatic rings. The maximum absolute atomic E-state index is 11.8. The third kappa shape index (κ3) is 4.51. The third-order valence-electron chi connectivity index (χ3n) is 7.03. The highest BCUT2D eigenvalue weighted by molar-refractivity contribution is 5.92. The Morgan fingerprint density at radius 1 is 1.17 bits per heavy atom. The average molecular weight is 485 g/mol. The number of anilines is 1. The van der Waals surface area contributed by atoms with Gasteiger partial charge in [-0.15, -0.1) is 10.2 Å². The Morgan fingerprint density at radius 2 is 1.94 bits per heavy atom. The van der Waals surface area contributed by atoms with Crippen LogP contribution in [0.25, 0.3) is 34.1 Å². The van der Waals surface area contributed by atoms with Crippen molar-refractivity contribution in [3.63, 3.8) is 0 Å². The molecule has 36 heavy (non-hydrogen) atoms. The van der Waals surface area contributed by atoms with Gasteiger partial charge in [0.15, 0.2) is 11.5 Å². The predicted octanol–water partition coefficient (Wildman–Crippen LogP) is 5.58. The van der Waals surface area contributed by atoms with E-state index in [2.05, 4.69) is 45.9 Å². The minimum absolute atomic E-state index is 0.345. The highest BCUT2D eigenvalue weighted by Gasteiger charge is 2.30. The summed E-state index contributed by atoms with van der Waals surface area (Å²) in [5.74, 6) is 1.05. The van der Waals surface area contributed by atoms with Crippen LogP contribution in [0.15, 0.2) is 55.2 Å². The van der Waals surface area contributed by atoms with Crippen LogP contribution in [-0.4, -0.2) is 60.9 Å². The number of hydrogen-bond acceptors (Lipinski definition) is 5. The SMILES string of the molecule is C=Cc1ccn2c(-c3ccc4cccc(N5CCC(CN(C(=O)O)C(C)(C)C)CC5)c4n3)nnc2c1. The molecule has 8 nitrogen and oxygen atoms in total. The highest BCUT2D eigenvalue weighted by atomic mass is 16.4. The number of amides is 1. The van der Waals surface area contributed by atoms with Crippen molar-refractivity contribution in [1.29, 1.82) is 0 Å². The molecule has 0 saturated carbocycles. The van der Waals surface area contributed by atoms with Crippen molar-refractivity contribution >= 4 is 34.4 Å². The summed E-state index contributed by atoms with van der Waals surface area (Å²) >= 11 is 0. The summed E-state index contributed by atoms with van der Waals surface area (Å²) in [7, 11) is 0. The lowest BCUT2D eigenvalue weighted by Crippen LogP contribution is -2.49. The van der Waals surface area contributed by atoms with Crippen LogP contribution >= 0.6 is 0 Å². The normalized spacial score (nSPS) is 14.9. The zero-order valence-electron chi connectivity index (χ0n) is 21.1. The largest absolute Gasteiger partial charge is 0.465 e. The number of para-hydroxylation sites is 1. The summed E-state index contributed by atoms with van der Waals surface area (Å²) in [6.45, 7) is 12.0. The Morgan fingerprint density at radius 3 is 2.64 bits per heavy atom. The van der Waals surface area contributed by atoms with E-state index in [0.717, 1.165) is 59.4 Å². The van der Waals surface area contributed by atoms with E-state index in [0.29, 0.717) is 18.3 Å². The Balaban J connectivity index is 1.40. The first-order valence-corrected chi connectivity index (χ1v) is 12.4. The van der Waals surface area contributed by atoms with Crippen LogP contribution in [0, 0.1) is 5.92 Å². The smallest absolute Gasteiger partial charge is 0.407 e. The lowest BCUT2D eigenvalue weighted by molar-refractivity contribution is 0.0852. The van der Waals surface area contributed by atoms with Crippen LogP contribution in [0.5, 0.6) is 0 Å². The van der Waals surface area contributed by atoms with E-state index in [1.54, 1.807) is 11.0 Å². The Hall–Kier alpha value is -3.94. The predicted molar refractivity (Wildman–Crippen MR) is 143 cm³/mol. The molecule has 1 aliphatic heterocycles. The minimum Gasteiger partial charge on any atom is -0.465 e. The monoisotopic (exact) mass is 484 g/mol. The molecule has 0 aliphatic carbocycles. The zero-order valence-corrected chi connectivity index (χ0v) is 21.1. The number of carboxylic acid groups (broad SMARTS) is 1. The van der Waals surface area contributed by atoms with Gasteiger partial charge >= 0.3 is 6.09 Å². The number of piperidine rings is 1. The minimum atomic E-state index is -0.850. The number of nitrogens with zero attached hydrogens (tertiary/aromatic N) is 6. The van der Waals surface area contributed by atoms with Crippen molar-refractivity contribution in [3.8, 4) is 11.5 Å². The van der Waals surface area contributed by atoms with Gasteiger partial charge in [0.2, 0.25) is 0 Å². The average Bonchev–Trinajstić information content (AvgIpc) is 3.29. The van der Waals surface area contributed by atoms with Gasteiger partial charge in [-0.1, -0.05) is 30.9 Å². The van der Waals surface area contributed by atoms with Crippen LogP contribution in [0.1, 0.15) is 39.2 Å². The summed E-state index contributed by atoms with van der Waals surface area (Å²) < 4.78 is 1.94. The molecule has 1 saturated heterocycles. The maximum atomic E-state index is 11.8. The molecule has 0 bridgehead atoms. The zero-order chi connectivity index (χ0) is 25.4. The fourth-order valence-corrected chi connectivity index (χ4v) is 4.97. The number of hydrogen-bond donors (Lipinski definition) is 1. The van der Waals surface area contributed by atoms with Crippen LogP contribution in [-0.2, 0) is 0 Å². The summed E-state index contributed by atoms with van der Waals surface area (Å²) in [5, 5.41) is 19.5. The lowest BCUT2D eigenvalue weighted by Gasteiger charge is -2.39. The van der Waals surface area contributed by atoms with E-state index >= 15 is 0 Å². The Labute approximate surface area is 210 Å². The number of fused-ring (bicyclic) bond motifs is 2. The van der Waals surface area contributed by atoms with Crippen LogP contribution in [0.3, 0.4) is 0 Å². The van der Waals surface area contributed by atoms with Crippen molar-refractivity contribution in [2.75, 3.05) is 24.5 Å². The van der Waals surface area contributed by atoms with Gasteiger partial charge in [0.25, 0.3) is 0 Å². The fraction of sp³-hybridized carbons (Fsp3) is 0.357. The topological polar surface area (TPSA) is 86.9 Å². The van der Waals surface area contributed by atoms with Gasteiger partial charge in [0.1, 0.15) is 5.69 Å². The molecule has 1 amide bonds. The van der Waals surface area contributed by atoms with Gasteiger partial charge in [-0.3, -0.25) is 4.40 Å². The highest BCUT2D eigenvalue weighted by Crippen LogP contribution is 2.32. The van der Waals surface area contributed by atoms with Crippen molar-refractivity contribution in [2.45, 2.75) is 39.2 Å². The Kier molecular flexibility index (Phi) is 6.12. The molecule has 0 atom stereocenters. The molecule has 186 valence electrons. The lowest BCUT2D eigenvalue weighted by atomic mass is 9.93. The molecule has 8 heteroatoms. The maximum Gasteiger partial charge on any atom is 0.407 e. The molecule has 0 radical (unpaired) electrons. The van der Waals surface area contributed by atoms with E-state index in [9.17, 15) is 9.90 Å². The van der Waals surface area contributed by atoms with E-state index in [1.807, 2.05) is 49.6 Å². The van der Waals surface area contributed by atoms with Crippen LogP contribution < -0.4 is 4.90 Å². The third-order valence-corrected chi connectivity index (χ3v) is 7.03. The number of carbonyl (C=O) groups is 1. The summed E-state index contributed by atoms with van der Waals surface area (Å²) in [5.41, 5.74) is 4.15. The first kappa shape index (κ1) is 23.8. The van der Waals surface area contributed by atoms with Gasteiger partial charge in [-0.2, -0.15) is 0 Å². The van der Waals surface area contributed by atoms with E-state index in [1.165, 1.54) is 0 Å². The molecule has 1 fully saturated rings. The molecule has 4 heterocycles. The Bertz CT molecular complexity index is 1430. The van der Waals surface area contributed by atoms with E-state index in [4.69, 9.17) is 4.98 Å². The van der Waals surface area contributed by atoms with Gasteiger partial charge < -0.3 is 14.9 Å². The van der Waals surface area contributed by atoms with E-state index in [-0.39, 0.29) is 0 Å². The molecule has 3 aromatic heterocycles. The fourth-order valence-electron chi connectivity index (χ4n) is 4.97. The summed E-state index contributed by atoms with van der Waals surface area (Å²) in [4.78, 5) is 20.8. The first-order valence-electron chi connectivity index (χ1n) is 12.4. The molecular weight excluding hydrogens is 452 g/mol. The van der Waals surface area contributed by atoms with Crippen molar-refractivity contribution in [3.05, 3.63) is 60.8 Å². The quantitative estimate of drug-likeness (QED) is 0.398. The molecule has 0 spiro atoms. The standard InChI is InChI=1S/C28H32N6O2/c1-5-19-13-16-33-24(17-19)30-31-26(33)22-10-9-21-7-6-8-23(25(21)29-22)32-14-11-20(12-15-32)18-34(27(35)36)28(2,3)4/h5-10,13,16-17,20H,1,11-12,14-15,18H2,2-4H3,(H,35,36). The van der Waals surface area contributed by atoms with Crippen molar-refractivity contribution in [1.82, 2.24) is 24.5 Å². The van der Waals surface area contributed by atoms with E-state index < -0.39 is 11.6 Å². The molecule has 1 aliphatic rings. The van der Waals surface area contributed by atoms with Gasteiger partial charge in [-0.05, 0) is 69.4 Å². The molecule has 5 rings (SSSR count). The number of rotatable bonds is 5. The number of pyridine rings is 2. The first-order chi connectivity index (χ1) is 17.2. The number of aromatic nitrogens is 4. The van der Waals surface area contributed by atoms with Gasteiger partial charge in [-0.25, -0.2) is 9.78 Å². The van der Waals surface area contributed by atoms with Gasteiger partial charge in [0.05, 0.1) is 11.2 Å². The summed E-state index contributed by atoms with van der Waals surface area (Å²) in [6, 6.07) is 14.3. The molecule has 0 unspecified atom stereocenters. The van der Waals surface area contributed by atoms with Crippen LogP contribution in [0.4, 0.5) is 10.5 Å². The molecule has 1 N–H and O–H groups in total. The van der Waals surface area contributed by atoms with Crippen molar-refractivity contribution < 1.29 is 9.90 Å². The second-order valence-electron chi connectivity index (χ2n) is 10.5. The summed E-state index contributed by atoms with van der Waals surface area (Å²) in [6.07, 6.45) is 4.77. The molecule has 1 aromatic carbocycles. The van der Waals surface area contributed by atoms with Crippen molar-refractivity contribution in [2.24, 2.45) is 5.92 Å². The second-order valence-corrected chi connectivity index (χ2v) is 10.5.